The molecule has 1 aliphatic heterocycles. The van der Waals surface area contributed by atoms with Crippen molar-refractivity contribution in [3.05, 3.63) is 59.0 Å². The number of aromatic nitrogens is 2. The topological polar surface area (TPSA) is 64.9 Å². The number of nitrogens with one attached hydrogen (secondary N) is 1. The predicted octanol–water partition coefficient (Wildman–Crippen LogP) is 2.65. The number of fused-ring (bicyclic) bond motifs is 2. The van der Waals surface area contributed by atoms with Crippen molar-refractivity contribution in [3.8, 4) is 11.5 Å². The molecule has 0 radical (unpaired) electrons. The minimum atomic E-state index is -0.148. The highest BCUT2D eigenvalue weighted by Gasteiger charge is 2.17. The van der Waals surface area contributed by atoms with E-state index in [1.807, 2.05) is 54.8 Å². The van der Waals surface area contributed by atoms with Crippen LogP contribution in [0.3, 0.4) is 0 Å². The maximum absolute atomic E-state index is 12.7. The van der Waals surface area contributed by atoms with E-state index in [-0.39, 0.29) is 5.91 Å². The van der Waals surface area contributed by atoms with Gasteiger partial charge >= 0.3 is 0 Å². The first kappa shape index (κ1) is 15.5. The number of hydrogen-bond acceptors (Lipinski definition) is 4. The van der Waals surface area contributed by atoms with E-state index in [0.29, 0.717) is 31.1 Å². The van der Waals surface area contributed by atoms with Gasteiger partial charge in [-0.1, -0.05) is 12.1 Å². The van der Waals surface area contributed by atoms with Crippen molar-refractivity contribution in [1.29, 1.82) is 0 Å². The molecule has 0 unspecified atom stereocenters. The number of nitrogens with zero attached hydrogens (tertiary/aromatic N) is 2. The standard InChI is InChI=1S/C19H19N3O3/c1-12-3-6-17-21-13(2)18(22(17)11-12)19(23)20-10-14-4-5-15-16(9-14)25-8-7-24-15/h3-6,9,11H,7-8,10H2,1-2H3,(H,20,23). The molecule has 1 aromatic carbocycles. The summed E-state index contributed by atoms with van der Waals surface area (Å²) in [4.78, 5) is 17.1. The normalized spacial score (nSPS) is 13.0. The summed E-state index contributed by atoms with van der Waals surface area (Å²) in [5.74, 6) is 1.32. The first-order valence-corrected chi connectivity index (χ1v) is 8.24. The first-order chi connectivity index (χ1) is 12.1. The summed E-state index contributed by atoms with van der Waals surface area (Å²) in [6.45, 7) is 5.36. The number of aryl methyl sites for hydroxylation is 2. The Kier molecular flexibility index (Phi) is 3.80. The fourth-order valence-corrected chi connectivity index (χ4v) is 3.01. The molecule has 0 fully saturated rings. The summed E-state index contributed by atoms with van der Waals surface area (Å²) < 4.78 is 12.9. The number of hydrogen-bond donors (Lipinski definition) is 1. The number of ether oxygens (including phenoxy) is 2. The van der Waals surface area contributed by atoms with Crippen LogP contribution in [0.5, 0.6) is 11.5 Å². The number of imidazole rings is 1. The Morgan fingerprint density at radius 2 is 1.96 bits per heavy atom. The van der Waals surface area contributed by atoms with Crippen LogP contribution in [0.4, 0.5) is 0 Å². The molecule has 25 heavy (non-hydrogen) atoms. The third kappa shape index (κ3) is 2.91. The van der Waals surface area contributed by atoms with E-state index in [0.717, 1.165) is 28.3 Å². The van der Waals surface area contributed by atoms with Crippen molar-refractivity contribution < 1.29 is 14.3 Å². The Morgan fingerprint density at radius 3 is 2.80 bits per heavy atom. The van der Waals surface area contributed by atoms with Gasteiger partial charge in [-0.25, -0.2) is 4.98 Å². The summed E-state index contributed by atoms with van der Waals surface area (Å²) in [7, 11) is 0. The Hall–Kier alpha value is -3.02. The van der Waals surface area contributed by atoms with Crippen LogP contribution in [0.1, 0.15) is 27.3 Å². The van der Waals surface area contributed by atoms with Crippen LogP contribution in [0.25, 0.3) is 5.65 Å². The van der Waals surface area contributed by atoms with Crippen LogP contribution in [0, 0.1) is 13.8 Å². The maximum Gasteiger partial charge on any atom is 0.270 e. The number of carbonyl (C=O) groups is 1. The van der Waals surface area contributed by atoms with Gasteiger partial charge < -0.3 is 14.8 Å². The molecule has 3 heterocycles. The van der Waals surface area contributed by atoms with Crippen LogP contribution >= 0.6 is 0 Å². The van der Waals surface area contributed by atoms with Gasteiger partial charge in [0.05, 0.1) is 5.69 Å². The molecule has 0 spiro atoms. The lowest BCUT2D eigenvalue weighted by molar-refractivity contribution is 0.0944. The highest BCUT2D eigenvalue weighted by atomic mass is 16.6. The first-order valence-electron chi connectivity index (χ1n) is 8.24. The van der Waals surface area contributed by atoms with Gasteiger partial charge in [0, 0.05) is 12.7 Å². The van der Waals surface area contributed by atoms with Crippen LogP contribution in [0.2, 0.25) is 0 Å². The molecule has 0 bridgehead atoms. The van der Waals surface area contributed by atoms with E-state index in [9.17, 15) is 4.79 Å². The zero-order chi connectivity index (χ0) is 17.4. The molecule has 3 aromatic rings. The molecule has 1 aliphatic rings. The fraction of sp³-hybridized carbons (Fsp3) is 0.263. The zero-order valence-electron chi connectivity index (χ0n) is 14.2. The van der Waals surface area contributed by atoms with Gasteiger partial charge in [-0.3, -0.25) is 9.20 Å². The SMILES string of the molecule is Cc1ccc2nc(C)c(C(=O)NCc3ccc4c(c3)OCCO4)n2c1. The lowest BCUT2D eigenvalue weighted by Gasteiger charge is -2.19. The van der Waals surface area contributed by atoms with Crippen molar-refractivity contribution in [2.45, 2.75) is 20.4 Å². The smallest absolute Gasteiger partial charge is 0.270 e. The molecular formula is C19H19N3O3. The van der Waals surface area contributed by atoms with E-state index in [1.165, 1.54) is 0 Å². The van der Waals surface area contributed by atoms with Gasteiger partial charge in [-0.05, 0) is 43.2 Å². The average molecular weight is 337 g/mol. The lowest BCUT2D eigenvalue weighted by atomic mass is 10.2. The van der Waals surface area contributed by atoms with Gasteiger partial charge in [0.25, 0.3) is 5.91 Å². The van der Waals surface area contributed by atoms with Gasteiger partial charge in [0.2, 0.25) is 0 Å². The molecule has 6 nitrogen and oxygen atoms in total. The van der Waals surface area contributed by atoms with Crippen molar-refractivity contribution >= 4 is 11.6 Å². The largest absolute Gasteiger partial charge is 0.486 e. The highest BCUT2D eigenvalue weighted by molar-refractivity contribution is 5.94. The number of benzene rings is 1. The van der Waals surface area contributed by atoms with Crippen molar-refractivity contribution in [1.82, 2.24) is 14.7 Å². The highest BCUT2D eigenvalue weighted by Crippen LogP contribution is 2.30. The minimum Gasteiger partial charge on any atom is -0.486 e. The maximum atomic E-state index is 12.7. The average Bonchev–Trinajstić information content (AvgIpc) is 2.94. The Labute approximate surface area is 145 Å². The summed E-state index contributed by atoms with van der Waals surface area (Å²) >= 11 is 0. The van der Waals surface area contributed by atoms with E-state index in [2.05, 4.69) is 10.3 Å². The van der Waals surface area contributed by atoms with Gasteiger partial charge in [-0.15, -0.1) is 0 Å². The van der Waals surface area contributed by atoms with Gasteiger partial charge in [-0.2, -0.15) is 0 Å². The molecule has 4 rings (SSSR count). The second kappa shape index (κ2) is 6.12. The Morgan fingerprint density at radius 1 is 1.16 bits per heavy atom. The molecule has 1 amide bonds. The molecule has 2 aromatic heterocycles. The van der Waals surface area contributed by atoms with Crippen molar-refractivity contribution in [2.24, 2.45) is 0 Å². The van der Waals surface area contributed by atoms with E-state index >= 15 is 0 Å². The second-order valence-corrected chi connectivity index (χ2v) is 6.14. The quantitative estimate of drug-likeness (QED) is 0.798. The van der Waals surface area contributed by atoms with E-state index < -0.39 is 0 Å². The summed E-state index contributed by atoms with van der Waals surface area (Å²) in [6, 6.07) is 9.61. The summed E-state index contributed by atoms with van der Waals surface area (Å²) in [5, 5.41) is 2.96. The van der Waals surface area contributed by atoms with Crippen LogP contribution in [-0.4, -0.2) is 28.5 Å². The molecule has 6 heteroatoms. The van der Waals surface area contributed by atoms with E-state index in [1.54, 1.807) is 0 Å². The third-order valence-corrected chi connectivity index (χ3v) is 4.22. The Balaban J connectivity index is 1.55. The van der Waals surface area contributed by atoms with Crippen LogP contribution < -0.4 is 14.8 Å². The van der Waals surface area contributed by atoms with Crippen molar-refractivity contribution in [3.63, 3.8) is 0 Å². The summed E-state index contributed by atoms with van der Waals surface area (Å²) in [6.07, 6.45) is 1.92. The molecule has 0 saturated carbocycles. The Bertz CT molecular complexity index is 962. The summed E-state index contributed by atoms with van der Waals surface area (Å²) in [5.41, 5.74) is 4.08. The van der Waals surface area contributed by atoms with Gasteiger partial charge in [0.1, 0.15) is 24.6 Å². The number of amides is 1. The van der Waals surface area contributed by atoms with Gasteiger partial charge in [0.15, 0.2) is 11.5 Å². The van der Waals surface area contributed by atoms with Crippen LogP contribution in [-0.2, 0) is 6.54 Å². The number of carbonyl (C=O) groups excluding carboxylic acids is 1. The third-order valence-electron chi connectivity index (χ3n) is 4.22. The molecule has 128 valence electrons. The molecule has 1 N–H and O–H groups in total. The monoisotopic (exact) mass is 337 g/mol. The minimum absolute atomic E-state index is 0.148. The molecule has 0 atom stereocenters. The molecular weight excluding hydrogens is 318 g/mol. The van der Waals surface area contributed by atoms with Crippen molar-refractivity contribution in [2.75, 3.05) is 13.2 Å². The van der Waals surface area contributed by atoms with Crippen LogP contribution in [0.15, 0.2) is 36.5 Å². The number of rotatable bonds is 3. The lowest BCUT2D eigenvalue weighted by Crippen LogP contribution is -2.25. The molecule has 0 aliphatic carbocycles. The predicted molar refractivity (Wildman–Crippen MR) is 93.3 cm³/mol. The zero-order valence-corrected chi connectivity index (χ0v) is 14.2. The number of pyridine rings is 1. The second-order valence-electron chi connectivity index (χ2n) is 6.14. The molecule has 0 saturated heterocycles. The van der Waals surface area contributed by atoms with E-state index in [4.69, 9.17) is 9.47 Å². The fourth-order valence-electron chi connectivity index (χ4n) is 3.01.